The molecular formula is C9H15N3S. The summed E-state index contributed by atoms with van der Waals surface area (Å²) in [5.41, 5.74) is 6.83. The minimum absolute atomic E-state index is 0.646. The first-order valence-electron chi connectivity index (χ1n) is 4.72. The monoisotopic (exact) mass is 197 g/mol. The van der Waals surface area contributed by atoms with E-state index in [9.17, 15) is 0 Å². The first kappa shape index (κ1) is 9.09. The zero-order valence-electron chi connectivity index (χ0n) is 7.65. The Morgan fingerprint density at radius 3 is 3.08 bits per heavy atom. The Balaban J connectivity index is 2.02. The van der Waals surface area contributed by atoms with Gasteiger partial charge in [-0.05, 0) is 25.5 Å². The third-order valence-corrected chi connectivity index (χ3v) is 3.60. The molecule has 1 aliphatic rings. The molecule has 3 nitrogen and oxygen atoms in total. The van der Waals surface area contributed by atoms with E-state index in [4.69, 9.17) is 5.73 Å². The van der Waals surface area contributed by atoms with Crippen LogP contribution < -0.4 is 5.73 Å². The van der Waals surface area contributed by atoms with Crippen LogP contribution in [0.1, 0.15) is 18.2 Å². The average molecular weight is 197 g/mol. The summed E-state index contributed by atoms with van der Waals surface area (Å²) in [5.74, 6) is 2.44. The quantitative estimate of drug-likeness (QED) is 0.785. The van der Waals surface area contributed by atoms with Crippen LogP contribution in [0.4, 0.5) is 0 Å². The van der Waals surface area contributed by atoms with Crippen LogP contribution in [-0.4, -0.2) is 27.8 Å². The zero-order chi connectivity index (χ0) is 9.10. The fourth-order valence-electron chi connectivity index (χ4n) is 1.52. The summed E-state index contributed by atoms with van der Waals surface area (Å²) in [6.07, 6.45) is 4.03. The van der Waals surface area contributed by atoms with E-state index in [1.807, 2.05) is 18.0 Å². The van der Waals surface area contributed by atoms with Crippen molar-refractivity contribution in [3.8, 4) is 0 Å². The first-order valence-corrected chi connectivity index (χ1v) is 5.87. The SMILES string of the molecule is NCCCc1ccnn1C1CSC1. The van der Waals surface area contributed by atoms with Crippen LogP contribution in [0.3, 0.4) is 0 Å². The molecule has 4 heteroatoms. The van der Waals surface area contributed by atoms with E-state index in [2.05, 4.69) is 15.8 Å². The fourth-order valence-corrected chi connectivity index (χ4v) is 2.24. The molecule has 0 aromatic carbocycles. The topological polar surface area (TPSA) is 43.8 Å². The van der Waals surface area contributed by atoms with Crippen LogP contribution in [0.25, 0.3) is 0 Å². The van der Waals surface area contributed by atoms with Crippen molar-refractivity contribution < 1.29 is 0 Å². The Morgan fingerprint density at radius 1 is 1.62 bits per heavy atom. The molecule has 0 aliphatic carbocycles. The third kappa shape index (κ3) is 1.89. The van der Waals surface area contributed by atoms with Gasteiger partial charge in [0.25, 0.3) is 0 Å². The van der Waals surface area contributed by atoms with Crippen LogP contribution in [0.5, 0.6) is 0 Å². The predicted molar refractivity (Wildman–Crippen MR) is 56.0 cm³/mol. The molecule has 1 aliphatic heterocycles. The number of nitrogens with zero attached hydrogens (tertiary/aromatic N) is 2. The largest absolute Gasteiger partial charge is 0.330 e. The lowest BCUT2D eigenvalue weighted by atomic mass is 10.2. The van der Waals surface area contributed by atoms with Crippen LogP contribution in [0.15, 0.2) is 12.3 Å². The van der Waals surface area contributed by atoms with Crippen LogP contribution in [0, 0.1) is 0 Å². The van der Waals surface area contributed by atoms with E-state index in [1.165, 1.54) is 17.2 Å². The summed E-state index contributed by atoms with van der Waals surface area (Å²) in [6, 6.07) is 2.76. The Bertz CT molecular complexity index is 268. The molecule has 2 heterocycles. The maximum absolute atomic E-state index is 5.48. The maximum Gasteiger partial charge on any atom is 0.0702 e. The van der Waals surface area contributed by atoms with Gasteiger partial charge in [0.1, 0.15) is 0 Å². The molecule has 1 aromatic rings. The van der Waals surface area contributed by atoms with E-state index in [0.29, 0.717) is 6.04 Å². The number of rotatable bonds is 4. The van der Waals surface area contributed by atoms with Crippen LogP contribution >= 0.6 is 11.8 Å². The van der Waals surface area contributed by atoms with E-state index in [1.54, 1.807) is 0 Å². The van der Waals surface area contributed by atoms with Crippen molar-refractivity contribution in [2.45, 2.75) is 18.9 Å². The average Bonchev–Trinajstić information content (AvgIpc) is 2.46. The molecule has 0 unspecified atom stereocenters. The summed E-state index contributed by atoms with van der Waals surface area (Å²) in [7, 11) is 0. The number of hydrogen-bond donors (Lipinski definition) is 1. The Labute approximate surface area is 82.7 Å². The molecule has 1 fully saturated rings. The van der Waals surface area contributed by atoms with Gasteiger partial charge in [-0.2, -0.15) is 16.9 Å². The highest BCUT2D eigenvalue weighted by atomic mass is 32.2. The van der Waals surface area contributed by atoms with Gasteiger partial charge in [-0.15, -0.1) is 0 Å². The number of hydrogen-bond acceptors (Lipinski definition) is 3. The molecule has 72 valence electrons. The van der Waals surface area contributed by atoms with Gasteiger partial charge in [-0.3, -0.25) is 4.68 Å². The minimum Gasteiger partial charge on any atom is -0.330 e. The first-order chi connectivity index (χ1) is 6.42. The summed E-state index contributed by atoms with van der Waals surface area (Å²) in [4.78, 5) is 0. The molecule has 0 amide bonds. The Kier molecular flexibility index (Phi) is 2.90. The summed E-state index contributed by atoms with van der Waals surface area (Å²) >= 11 is 1.99. The lowest BCUT2D eigenvalue weighted by Crippen LogP contribution is -2.25. The van der Waals surface area contributed by atoms with E-state index >= 15 is 0 Å². The standard InChI is InChI=1S/C9H15N3S/c10-4-1-2-8-3-5-11-12(8)9-6-13-7-9/h3,5,9H,1-2,4,6-7,10H2. The van der Waals surface area contributed by atoms with Crippen molar-refractivity contribution in [2.75, 3.05) is 18.1 Å². The fraction of sp³-hybridized carbons (Fsp3) is 0.667. The highest BCUT2D eigenvalue weighted by Gasteiger charge is 2.22. The number of aromatic nitrogens is 2. The van der Waals surface area contributed by atoms with E-state index in [0.717, 1.165) is 19.4 Å². The highest BCUT2D eigenvalue weighted by Crippen LogP contribution is 2.29. The number of aryl methyl sites for hydroxylation is 1. The predicted octanol–water partition coefficient (Wildman–Crippen LogP) is 1.06. The number of nitrogens with two attached hydrogens (primary N) is 1. The van der Waals surface area contributed by atoms with Gasteiger partial charge in [-0.25, -0.2) is 0 Å². The second kappa shape index (κ2) is 4.15. The smallest absolute Gasteiger partial charge is 0.0702 e. The normalized spacial score (nSPS) is 17.3. The molecule has 1 aromatic heterocycles. The number of thioether (sulfide) groups is 1. The molecule has 0 atom stereocenters. The Hall–Kier alpha value is -0.480. The molecule has 0 saturated carbocycles. The summed E-state index contributed by atoms with van der Waals surface area (Å²) in [6.45, 7) is 0.768. The van der Waals surface area contributed by atoms with E-state index < -0.39 is 0 Å². The molecule has 0 spiro atoms. The zero-order valence-corrected chi connectivity index (χ0v) is 8.46. The van der Waals surface area contributed by atoms with Gasteiger partial charge in [0.05, 0.1) is 6.04 Å². The lowest BCUT2D eigenvalue weighted by Gasteiger charge is -2.26. The lowest BCUT2D eigenvalue weighted by molar-refractivity contribution is 0.501. The molecular weight excluding hydrogens is 182 g/mol. The van der Waals surface area contributed by atoms with Gasteiger partial charge < -0.3 is 5.73 Å². The van der Waals surface area contributed by atoms with Gasteiger partial charge in [-0.1, -0.05) is 0 Å². The molecule has 2 N–H and O–H groups in total. The molecule has 1 saturated heterocycles. The minimum atomic E-state index is 0.646. The van der Waals surface area contributed by atoms with Gasteiger partial charge in [0.15, 0.2) is 0 Å². The molecule has 13 heavy (non-hydrogen) atoms. The van der Waals surface area contributed by atoms with Crippen molar-refractivity contribution in [1.82, 2.24) is 9.78 Å². The second-order valence-electron chi connectivity index (χ2n) is 3.35. The van der Waals surface area contributed by atoms with Gasteiger partial charge in [0.2, 0.25) is 0 Å². The summed E-state index contributed by atoms with van der Waals surface area (Å²) in [5, 5.41) is 4.35. The van der Waals surface area contributed by atoms with E-state index in [-0.39, 0.29) is 0 Å². The molecule has 0 bridgehead atoms. The summed E-state index contributed by atoms with van der Waals surface area (Å²) < 4.78 is 2.17. The van der Waals surface area contributed by atoms with Crippen LogP contribution in [0.2, 0.25) is 0 Å². The maximum atomic E-state index is 5.48. The van der Waals surface area contributed by atoms with Crippen molar-refractivity contribution >= 4 is 11.8 Å². The van der Waals surface area contributed by atoms with Crippen molar-refractivity contribution in [1.29, 1.82) is 0 Å². The van der Waals surface area contributed by atoms with Crippen molar-refractivity contribution in [3.05, 3.63) is 18.0 Å². The van der Waals surface area contributed by atoms with Gasteiger partial charge >= 0.3 is 0 Å². The van der Waals surface area contributed by atoms with Gasteiger partial charge in [0, 0.05) is 23.4 Å². The molecule has 0 radical (unpaired) electrons. The second-order valence-corrected chi connectivity index (χ2v) is 4.43. The van der Waals surface area contributed by atoms with Crippen molar-refractivity contribution in [3.63, 3.8) is 0 Å². The van der Waals surface area contributed by atoms with Crippen LogP contribution in [-0.2, 0) is 6.42 Å². The third-order valence-electron chi connectivity index (χ3n) is 2.36. The highest BCUT2D eigenvalue weighted by molar-refractivity contribution is 8.00. The molecule has 2 rings (SSSR count). The Morgan fingerprint density at radius 2 is 2.46 bits per heavy atom. The van der Waals surface area contributed by atoms with Crippen molar-refractivity contribution in [2.24, 2.45) is 5.73 Å².